The highest BCUT2D eigenvalue weighted by Crippen LogP contribution is 2.21. The minimum atomic E-state index is 0.269. The van der Waals surface area contributed by atoms with Crippen LogP contribution in [0.1, 0.15) is 19.3 Å². The molecule has 0 heterocycles. The molecule has 0 unspecified atom stereocenters. The summed E-state index contributed by atoms with van der Waals surface area (Å²) >= 11 is 0. The summed E-state index contributed by atoms with van der Waals surface area (Å²) in [6, 6.07) is 0.296. The van der Waals surface area contributed by atoms with Crippen molar-refractivity contribution in [3.8, 4) is 0 Å². The predicted octanol–water partition coefficient (Wildman–Crippen LogP) is 0.313. The van der Waals surface area contributed by atoms with Gasteiger partial charge in [-0.05, 0) is 19.3 Å². The molecule has 0 aromatic heterocycles. The molecule has 8 heavy (non-hydrogen) atoms. The van der Waals surface area contributed by atoms with Gasteiger partial charge in [-0.25, -0.2) is 0 Å². The Hall–Kier alpha value is -0.370. The first-order valence-electron chi connectivity index (χ1n) is 3.04. The van der Waals surface area contributed by atoms with E-state index in [9.17, 15) is 4.79 Å². The summed E-state index contributed by atoms with van der Waals surface area (Å²) in [6.45, 7) is 0. The fourth-order valence-electron chi connectivity index (χ4n) is 1.18. The molecule has 1 saturated carbocycles. The predicted molar refractivity (Wildman–Crippen MR) is 31.4 cm³/mol. The Balaban J connectivity index is 2.32. The van der Waals surface area contributed by atoms with Crippen LogP contribution >= 0.6 is 0 Å². The van der Waals surface area contributed by atoms with Gasteiger partial charge < -0.3 is 10.5 Å². The van der Waals surface area contributed by atoms with Crippen molar-refractivity contribution in [2.24, 2.45) is 11.7 Å². The molecule has 0 spiro atoms. The largest absolute Gasteiger partial charge is 0.328 e. The zero-order valence-corrected chi connectivity index (χ0v) is 4.84. The van der Waals surface area contributed by atoms with Crippen LogP contribution in [0.25, 0.3) is 0 Å². The standard InChI is InChI=1S/C6H11NO/c7-6-2-1-5(3-6)4-8/h4-6H,1-3,7H2/t5-,6+/m1/s1. The van der Waals surface area contributed by atoms with Crippen LogP contribution < -0.4 is 5.73 Å². The van der Waals surface area contributed by atoms with Crippen LogP contribution in [-0.4, -0.2) is 12.3 Å². The van der Waals surface area contributed by atoms with Gasteiger partial charge in [0.25, 0.3) is 0 Å². The van der Waals surface area contributed by atoms with Gasteiger partial charge in [0.1, 0.15) is 6.29 Å². The van der Waals surface area contributed by atoms with E-state index in [0.29, 0.717) is 6.04 Å². The van der Waals surface area contributed by atoms with Crippen molar-refractivity contribution < 1.29 is 4.79 Å². The molecule has 0 aromatic carbocycles. The van der Waals surface area contributed by atoms with E-state index in [2.05, 4.69) is 0 Å². The van der Waals surface area contributed by atoms with Crippen LogP contribution in [-0.2, 0) is 4.79 Å². The molecule has 1 aliphatic rings. The maximum atomic E-state index is 10.1. The average Bonchev–Trinajstić information content (AvgIpc) is 2.14. The Morgan fingerprint density at radius 2 is 2.25 bits per heavy atom. The summed E-state index contributed by atoms with van der Waals surface area (Å²) in [5, 5.41) is 0. The van der Waals surface area contributed by atoms with Gasteiger partial charge in [-0.2, -0.15) is 0 Å². The second-order valence-electron chi connectivity index (χ2n) is 2.47. The number of carbonyl (C=O) groups is 1. The molecule has 46 valence electrons. The molecule has 1 fully saturated rings. The minimum Gasteiger partial charge on any atom is -0.328 e. The van der Waals surface area contributed by atoms with Crippen molar-refractivity contribution in [3.63, 3.8) is 0 Å². The van der Waals surface area contributed by atoms with Crippen molar-refractivity contribution in [1.29, 1.82) is 0 Å². The number of nitrogens with two attached hydrogens (primary N) is 1. The quantitative estimate of drug-likeness (QED) is 0.497. The SMILES string of the molecule is N[C@H]1CC[C@@H](C=O)C1. The lowest BCUT2D eigenvalue weighted by atomic mass is 10.1. The molecule has 0 saturated heterocycles. The van der Waals surface area contributed by atoms with Crippen molar-refractivity contribution in [3.05, 3.63) is 0 Å². The Kier molecular flexibility index (Phi) is 1.63. The van der Waals surface area contributed by atoms with E-state index in [4.69, 9.17) is 5.73 Å². The van der Waals surface area contributed by atoms with E-state index in [-0.39, 0.29) is 5.92 Å². The van der Waals surface area contributed by atoms with Crippen molar-refractivity contribution in [2.75, 3.05) is 0 Å². The number of hydrogen-bond donors (Lipinski definition) is 1. The molecule has 0 aromatic rings. The Labute approximate surface area is 49.1 Å². The number of carbonyl (C=O) groups excluding carboxylic acids is 1. The second-order valence-corrected chi connectivity index (χ2v) is 2.47. The van der Waals surface area contributed by atoms with Crippen molar-refractivity contribution in [1.82, 2.24) is 0 Å². The first-order chi connectivity index (χ1) is 3.83. The third kappa shape index (κ3) is 1.07. The number of rotatable bonds is 1. The van der Waals surface area contributed by atoms with Gasteiger partial charge in [0.2, 0.25) is 0 Å². The van der Waals surface area contributed by atoms with Gasteiger partial charge in [0.15, 0.2) is 0 Å². The molecule has 2 heteroatoms. The van der Waals surface area contributed by atoms with Gasteiger partial charge >= 0.3 is 0 Å². The zero-order chi connectivity index (χ0) is 5.98. The molecule has 1 rings (SSSR count). The van der Waals surface area contributed by atoms with E-state index in [0.717, 1.165) is 25.5 Å². The lowest BCUT2D eigenvalue weighted by Gasteiger charge is -1.96. The van der Waals surface area contributed by atoms with Crippen LogP contribution in [0.2, 0.25) is 0 Å². The van der Waals surface area contributed by atoms with Crippen LogP contribution in [0.15, 0.2) is 0 Å². The minimum absolute atomic E-state index is 0.269. The molecule has 0 radical (unpaired) electrons. The fraction of sp³-hybridized carbons (Fsp3) is 0.833. The summed E-state index contributed by atoms with van der Waals surface area (Å²) in [5.41, 5.74) is 5.54. The van der Waals surface area contributed by atoms with E-state index in [1.54, 1.807) is 0 Å². The Morgan fingerprint density at radius 3 is 2.50 bits per heavy atom. The highest BCUT2D eigenvalue weighted by atomic mass is 16.1. The van der Waals surface area contributed by atoms with E-state index >= 15 is 0 Å². The van der Waals surface area contributed by atoms with Crippen molar-refractivity contribution >= 4 is 6.29 Å². The first kappa shape index (κ1) is 5.76. The normalized spacial score (nSPS) is 37.6. The van der Waals surface area contributed by atoms with Crippen LogP contribution in [0.5, 0.6) is 0 Å². The first-order valence-corrected chi connectivity index (χ1v) is 3.04. The third-order valence-corrected chi connectivity index (χ3v) is 1.71. The highest BCUT2D eigenvalue weighted by Gasteiger charge is 2.20. The molecule has 2 nitrogen and oxygen atoms in total. The molecular weight excluding hydrogens is 102 g/mol. The third-order valence-electron chi connectivity index (χ3n) is 1.71. The zero-order valence-electron chi connectivity index (χ0n) is 4.84. The summed E-state index contributed by atoms with van der Waals surface area (Å²) in [4.78, 5) is 10.1. The van der Waals surface area contributed by atoms with Gasteiger partial charge in [-0.15, -0.1) is 0 Å². The smallest absolute Gasteiger partial charge is 0.123 e. The summed E-state index contributed by atoms with van der Waals surface area (Å²) in [6.07, 6.45) is 3.96. The molecule has 0 aliphatic heterocycles. The molecule has 2 N–H and O–H groups in total. The maximum absolute atomic E-state index is 10.1. The van der Waals surface area contributed by atoms with Gasteiger partial charge in [-0.1, -0.05) is 0 Å². The lowest BCUT2D eigenvalue weighted by Crippen LogP contribution is -2.14. The topological polar surface area (TPSA) is 43.1 Å². The molecule has 0 bridgehead atoms. The van der Waals surface area contributed by atoms with E-state index < -0.39 is 0 Å². The summed E-state index contributed by atoms with van der Waals surface area (Å²) in [5.74, 6) is 0.269. The lowest BCUT2D eigenvalue weighted by molar-refractivity contribution is -0.110. The van der Waals surface area contributed by atoms with Gasteiger partial charge in [0.05, 0.1) is 0 Å². The fourth-order valence-corrected chi connectivity index (χ4v) is 1.18. The van der Waals surface area contributed by atoms with Crippen LogP contribution in [0, 0.1) is 5.92 Å². The highest BCUT2D eigenvalue weighted by molar-refractivity contribution is 5.54. The Morgan fingerprint density at radius 1 is 1.50 bits per heavy atom. The molecular formula is C6H11NO. The van der Waals surface area contributed by atoms with Gasteiger partial charge in [0, 0.05) is 12.0 Å². The van der Waals surface area contributed by atoms with Crippen LogP contribution in [0.4, 0.5) is 0 Å². The maximum Gasteiger partial charge on any atom is 0.123 e. The van der Waals surface area contributed by atoms with E-state index in [1.165, 1.54) is 0 Å². The second kappa shape index (κ2) is 2.27. The summed E-state index contributed by atoms with van der Waals surface area (Å²) < 4.78 is 0. The van der Waals surface area contributed by atoms with Crippen molar-refractivity contribution in [2.45, 2.75) is 25.3 Å². The summed E-state index contributed by atoms with van der Waals surface area (Å²) in [7, 11) is 0. The number of aldehydes is 1. The van der Waals surface area contributed by atoms with E-state index in [1.807, 2.05) is 0 Å². The molecule has 0 amide bonds. The average molecular weight is 113 g/mol. The monoisotopic (exact) mass is 113 g/mol. The Bertz CT molecular complexity index is 92.5. The number of hydrogen-bond acceptors (Lipinski definition) is 2. The molecule has 1 aliphatic carbocycles. The van der Waals surface area contributed by atoms with Crippen LogP contribution in [0.3, 0.4) is 0 Å². The van der Waals surface area contributed by atoms with Gasteiger partial charge in [-0.3, -0.25) is 0 Å². The molecule has 2 atom stereocenters.